The van der Waals surface area contributed by atoms with Gasteiger partial charge in [0.2, 0.25) is 0 Å². The SMILES string of the molecule is COc1ccccc1C(=O)Oc1cccc2c(O)cccc12. The lowest BCUT2D eigenvalue weighted by Crippen LogP contribution is -2.10. The molecule has 3 rings (SSSR count). The molecule has 0 aliphatic rings. The molecule has 3 aromatic rings. The molecule has 0 saturated carbocycles. The first-order valence-electron chi connectivity index (χ1n) is 6.76. The van der Waals surface area contributed by atoms with Gasteiger partial charge in [0.05, 0.1) is 7.11 Å². The normalized spacial score (nSPS) is 10.4. The Balaban J connectivity index is 2.00. The molecule has 0 amide bonds. The summed E-state index contributed by atoms with van der Waals surface area (Å²) in [6.45, 7) is 0. The summed E-state index contributed by atoms with van der Waals surface area (Å²) in [6, 6.07) is 17.1. The molecule has 0 saturated heterocycles. The smallest absolute Gasteiger partial charge is 0.347 e. The van der Waals surface area contributed by atoms with Gasteiger partial charge in [-0.25, -0.2) is 4.79 Å². The number of carbonyl (C=O) groups is 1. The highest BCUT2D eigenvalue weighted by Crippen LogP contribution is 2.32. The van der Waals surface area contributed by atoms with Crippen molar-refractivity contribution >= 4 is 16.7 Å². The molecule has 22 heavy (non-hydrogen) atoms. The van der Waals surface area contributed by atoms with Crippen LogP contribution in [-0.4, -0.2) is 18.2 Å². The summed E-state index contributed by atoms with van der Waals surface area (Å²) in [5.74, 6) is 0.487. The number of methoxy groups -OCH3 is 1. The monoisotopic (exact) mass is 294 g/mol. The first-order chi connectivity index (χ1) is 10.7. The number of phenols is 1. The lowest BCUT2D eigenvalue weighted by Gasteiger charge is -2.10. The Hall–Kier alpha value is -3.01. The summed E-state index contributed by atoms with van der Waals surface area (Å²) in [7, 11) is 1.50. The fourth-order valence-electron chi connectivity index (χ4n) is 2.32. The molecule has 0 radical (unpaired) electrons. The van der Waals surface area contributed by atoms with Gasteiger partial charge in [-0.15, -0.1) is 0 Å². The number of carbonyl (C=O) groups excluding carboxylic acids is 1. The number of esters is 1. The molecular formula is C18H14O4. The van der Waals surface area contributed by atoms with E-state index in [1.165, 1.54) is 7.11 Å². The first-order valence-corrected chi connectivity index (χ1v) is 6.76. The summed E-state index contributed by atoms with van der Waals surface area (Å²) in [5.41, 5.74) is 0.349. The molecule has 0 aliphatic carbocycles. The van der Waals surface area contributed by atoms with Crippen molar-refractivity contribution in [1.29, 1.82) is 0 Å². The quantitative estimate of drug-likeness (QED) is 0.590. The average Bonchev–Trinajstić information content (AvgIpc) is 2.55. The maximum atomic E-state index is 12.4. The standard InChI is InChI=1S/C18H14O4/c1-21-16-10-3-2-6-14(16)18(20)22-17-11-5-7-12-13(17)8-4-9-15(12)19/h2-11,19H,1H3. The predicted octanol–water partition coefficient (Wildman–Crippen LogP) is 3.77. The number of hydrogen-bond donors (Lipinski definition) is 1. The Morgan fingerprint density at radius 3 is 2.36 bits per heavy atom. The van der Waals surface area contributed by atoms with Gasteiger partial charge in [0.15, 0.2) is 0 Å². The molecule has 0 unspecified atom stereocenters. The minimum absolute atomic E-state index is 0.146. The van der Waals surface area contributed by atoms with Gasteiger partial charge in [-0.05, 0) is 24.3 Å². The lowest BCUT2D eigenvalue weighted by atomic mass is 10.1. The highest BCUT2D eigenvalue weighted by Gasteiger charge is 2.15. The topological polar surface area (TPSA) is 55.8 Å². The maximum Gasteiger partial charge on any atom is 0.347 e. The first kappa shape index (κ1) is 13.9. The van der Waals surface area contributed by atoms with Crippen molar-refractivity contribution in [3.8, 4) is 17.2 Å². The van der Waals surface area contributed by atoms with Crippen molar-refractivity contribution in [1.82, 2.24) is 0 Å². The summed E-state index contributed by atoms with van der Waals surface area (Å²) >= 11 is 0. The van der Waals surface area contributed by atoms with E-state index in [1.54, 1.807) is 60.7 Å². The zero-order valence-electron chi connectivity index (χ0n) is 11.9. The van der Waals surface area contributed by atoms with Crippen molar-refractivity contribution in [2.45, 2.75) is 0 Å². The molecule has 0 atom stereocenters. The number of fused-ring (bicyclic) bond motifs is 1. The van der Waals surface area contributed by atoms with Crippen molar-refractivity contribution in [2.24, 2.45) is 0 Å². The molecule has 0 aliphatic heterocycles. The average molecular weight is 294 g/mol. The van der Waals surface area contributed by atoms with Crippen LogP contribution in [0.5, 0.6) is 17.2 Å². The number of aromatic hydroxyl groups is 1. The molecule has 4 nitrogen and oxygen atoms in total. The largest absolute Gasteiger partial charge is 0.507 e. The molecule has 110 valence electrons. The fraction of sp³-hybridized carbons (Fsp3) is 0.0556. The third kappa shape index (κ3) is 2.46. The Kier molecular flexibility index (Phi) is 3.66. The van der Waals surface area contributed by atoms with Gasteiger partial charge in [-0.2, -0.15) is 0 Å². The Labute approximate surface area is 127 Å². The van der Waals surface area contributed by atoms with Crippen LogP contribution in [0.15, 0.2) is 60.7 Å². The molecule has 0 heterocycles. The highest BCUT2D eigenvalue weighted by atomic mass is 16.5. The van der Waals surface area contributed by atoms with Crippen LogP contribution in [-0.2, 0) is 0 Å². The third-order valence-electron chi connectivity index (χ3n) is 3.39. The second-order valence-corrected chi connectivity index (χ2v) is 4.72. The summed E-state index contributed by atoms with van der Waals surface area (Å²) < 4.78 is 10.7. The second-order valence-electron chi connectivity index (χ2n) is 4.72. The number of rotatable bonds is 3. The van der Waals surface area contributed by atoms with Gasteiger partial charge in [-0.1, -0.05) is 36.4 Å². The van der Waals surface area contributed by atoms with E-state index < -0.39 is 5.97 Å². The molecule has 4 heteroatoms. The molecule has 0 spiro atoms. The minimum Gasteiger partial charge on any atom is -0.507 e. The van der Waals surface area contributed by atoms with Gasteiger partial charge in [-0.3, -0.25) is 0 Å². The minimum atomic E-state index is -0.506. The van der Waals surface area contributed by atoms with Crippen molar-refractivity contribution in [3.05, 3.63) is 66.2 Å². The van der Waals surface area contributed by atoms with E-state index in [0.29, 0.717) is 27.8 Å². The van der Waals surface area contributed by atoms with Gasteiger partial charge in [0.25, 0.3) is 0 Å². The Morgan fingerprint density at radius 2 is 1.55 bits per heavy atom. The number of para-hydroxylation sites is 1. The predicted molar refractivity (Wildman–Crippen MR) is 83.6 cm³/mol. The molecule has 1 N–H and O–H groups in total. The van der Waals surface area contributed by atoms with Gasteiger partial charge in [0.1, 0.15) is 22.8 Å². The van der Waals surface area contributed by atoms with Crippen molar-refractivity contribution in [3.63, 3.8) is 0 Å². The van der Waals surface area contributed by atoms with Crippen LogP contribution in [0.3, 0.4) is 0 Å². The summed E-state index contributed by atoms with van der Waals surface area (Å²) in [5, 5.41) is 11.2. The van der Waals surface area contributed by atoms with Crippen LogP contribution in [0, 0.1) is 0 Å². The zero-order chi connectivity index (χ0) is 15.5. The second kappa shape index (κ2) is 5.77. The highest BCUT2D eigenvalue weighted by molar-refractivity contribution is 5.98. The number of benzene rings is 3. The van der Waals surface area contributed by atoms with Crippen LogP contribution < -0.4 is 9.47 Å². The van der Waals surface area contributed by atoms with Gasteiger partial charge >= 0.3 is 5.97 Å². The van der Waals surface area contributed by atoms with E-state index in [9.17, 15) is 9.90 Å². The Morgan fingerprint density at radius 1 is 0.864 bits per heavy atom. The molecule has 0 bridgehead atoms. The summed E-state index contributed by atoms with van der Waals surface area (Å²) in [6.07, 6.45) is 0. The fourth-order valence-corrected chi connectivity index (χ4v) is 2.32. The van der Waals surface area contributed by atoms with Crippen molar-refractivity contribution < 1.29 is 19.4 Å². The van der Waals surface area contributed by atoms with E-state index in [4.69, 9.17) is 9.47 Å². The van der Waals surface area contributed by atoms with Gasteiger partial charge < -0.3 is 14.6 Å². The van der Waals surface area contributed by atoms with E-state index in [1.807, 2.05) is 0 Å². The van der Waals surface area contributed by atoms with Crippen LogP contribution in [0.2, 0.25) is 0 Å². The third-order valence-corrected chi connectivity index (χ3v) is 3.39. The zero-order valence-corrected chi connectivity index (χ0v) is 11.9. The van der Waals surface area contributed by atoms with Crippen LogP contribution in [0.25, 0.3) is 10.8 Å². The lowest BCUT2D eigenvalue weighted by molar-refractivity contribution is 0.0733. The van der Waals surface area contributed by atoms with Crippen LogP contribution in [0.4, 0.5) is 0 Å². The molecule has 0 fully saturated rings. The number of phenolic OH excluding ortho intramolecular Hbond substituents is 1. The number of ether oxygens (including phenoxy) is 2. The molecular weight excluding hydrogens is 280 g/mol. The maximum absolute atomic E-state index is 12.4. The van der Waals surface area contributed by atoms with E-state index in [0.717, 1.165) is 0 Å². The number of hydrogen-bond acceptors (Lipinski definition) is 4. The summed E-state index contributed by atoms with van der Waals surface area (Å²) in [4.78, 5) is 12.4. The van der Waals surface area contributed by atoms with E-state index >= 15 is 0 Å². The Bertz CT molecular complexity index is 839. The van der Waals surface area contributed by atoms with Gasteiger partial charge in [0, 0.05) is 10.8 Å². The van der Waals surface area contributed by atoms with E-state index in [-0.39, 0.29) is 5.75 Å². The van der Waals surface area contributed by atoms with E-state index in [2.05, 4.69) is 0 Å². The molecule has 0 aromatic heterocycles. The molecule has 3 aromatic carbocycles. The van der Waals surface area contributed by atoms with Crippen LogP contribution >= 0.6 is 0 Å². The van der Waals surface area contributed by atoms with Crippen molar-refractivity contribution in [2.75, 3.05) is 7.11 Å². The van der Waals surface area contributed by atoms with Crippen LogP contribution in [0.1, 0.15) is 10.4 Å².